The Balaban J connectivity index is 1.28. The third-order valence-corrected chi connectivity index (χ3v) is 11.9. The van der Waals surface area contributed by atoms with Crippen molar-refractivity contribution < 1.29 is 105 Å². The molecule has 0 bridgehead atoms. The molecule has 0 spiro atoms. The minimum absolute atomic E-state index is 0.00549. The molecule has 14 N–H and O–H groups in total. The van der Waals surface area contributed by atoms with E-state index in [1.54, 1.807) is 0 Å². The molecule has 0 amide bonds. The zero-order chi connectivity index (χ0) is 39.2. The second-order valence-corrected chi connectivity index (χ2v) is 15.4. The van der Waals surface area contributed by atoms with Crippen LogP contribution in [0.15, 0.2) is 0 Å². The van der Waals surface area contributed by atoms with Crippen molar-refractivity contribution in [1.29, 1.82) is 0 Å². The van der Waals surface area contributed by atoms with Gasteiger partial charge in [-0.3, -0.25) is 0 Å². The van der Waals surface area contributed by atoms with E-state index < -0.39 is 167 Å². The summed E-state index contributed by atoms with van der Waals surface area (Å²) in [5, 5.41) is 146. The lowest BCUT2D eigenvalue weighted by molar-refractivity contribution is -0.380. The number of aliphatic hydroxyl groups is 14. The van der Waals surface area contributed by atoms with Gasteiger partial charge in [-0.25, -0.2) is 0 Å². The van der Waals surface area contributed by atoms with Crippen molar-refractivity contribution in [2.24, 2.45) is 11.8 Å². The molecule has 0 aromatic carbocycles. The molecule has 2 saturated carbocycles. The van der Waals surface area contributed by atoms with Gasteiger partial charge in [0.15, 0.2) is 18.9 Å². The molecule has 21 nitrogen and oxygen atoms in total. The Bertz CT molecular complexity index is 1180. The Morgan fingerprint density at radius 2 is 0.963 bits per heavy atom. The first kappa shape index (κ1) is 42.8. The number of hydrogen-bond donors (Lipinski definition) is 14. The van der Waals surface area contributed by atoms with Gasteiger partial charge in [-0.1, -0.05) is 0 Å². The molecule has 24 unspecified atom stereocenters. The fourth-order valence-electron chi connectivity index (χ4n) is 8.71. The van der Waals surface area contributed by atoms with Gasteiger partial charge in [0.05, 0.1) is 62.5 Å². The van der Waals surface area contributed by atoms with Gasteiger partial charge < -0.3 is 105 Å². The number of fused-ring (bicyclic) bond motifs is 1. The average molecular weight is 789 g/mol. The highest BCUT2D eigenvalue weighted by molar-refractivity contribution is 5.01. The largest absolute Gasteiger partial charge is 0.394 e. The molecular weight excluding hydrogens is 732 g/mol. The third-order valence-electron chi connectivity index (χ3n) is 11.9. The molecule has 314 valence electrons. The van der Waals surface area contributed by atoms with Crippen LogP contribution in [-0.2, 0) is 33.2 Å². The van der Waals surface area contributed by atoms with E-state index in [9.17, 15) is 71.5 Å². The second kappa shape index (κ2) is 18.0. The summed E-state index contributed by atoms with van der Waals surface area (Å²) in [5.74, 6) is -1.06. The van der Waals surface area contributed by atoms with E-state index in [0.29, 0.717) is 6.42 Å². The summed E-state index contributed by atoms with van der Waals surface area (Å²) in [6.45, 7) is -2.26. The number of hydrogen-bond acceptors (Lipinski definition) is 21. The van der Waals surface area contributed by atoms with Gasteiger partial charge in [0.1, 0.15) is 73.2 Å². The van der Waals surface area contributed by atoms with Gasteiger partial charge in [-0.05, 0) is 38.0 Å². The first-order chi connectivity index (χ1) is 25.7. The lowest BCUT2D eigenvalue weighted by Crippen LogP contribution is -2.66. The highest BCUT2D eigenvalue weighted by Gasteiger charge is 2.56. The van der Waals surface area contributed by atoms with Crippen LogP contribution in [0, 0.1) is 11.8 Å². The van der Waals surface area contributed by atoms with Gasteiger partial charge in [0.25, 0.3) is 0 Å². The summed E-state index contributed by atoms with van der Waals surface area (Å²) < 4.78 is 42.0. The zero-order valence-corrected chi connectivity index (χ0v) is 29.3. The summed E-state index contributed by atoms with van der Waals surface area (Å²) in [6, 6.07) is 0. The molecule has 4 heterocycles. The Morgan fingerprint density at radius 3 is 1.52 bits per heavy atom. The highest BCUT2D eigenvalue weighted by Crippen LogP contribution is 2.45. The maximum Gasteiger partial charge on any atom is 0.187 e. The molecule has 24 atom stereocenters. The van der Waals surface area contributed by atoms with Crippen molar-refractivity contribution in [2.75, 3.05) is 19.8 Å². The monoisotopic (exact) mass is 788 g/mol. The lowest BCUT2D eigenvalue weighted by Gasteiger charge is -2.53. The smallest absolute Gasteiger partial charge is 0.187 e. The average Bonchev–Trinajstić information content (AvgIpc) is 3.15. The van der Waals surface area contributed by atoms with Crippen molar-refractivity contribution in [3.63, 3.8) is 0 Å². The molecule has 54 heavy (non-hydrogen) atoms. The predicted molar refractivity (Wildman–Crippen MR) is 171 cm³/mol. The van der Waals surface area contributed by atoms with Crippen LogP contribution in [0.1, 0.15) is 38.5 Å². The van der Waals surface area contributed by atoms with E-state index in [-0.39, 0.29) is 32.1 Å². The van der Waals surface area contributed by atoms with Crippen molar-refractivity contribution in [3.05, 3.63) is 0 Å². The quantitative estimate of drug-likeness (QED) is 0.0977. The maximum absolute atomic E-state index is 11.2. The van der Waals surface area contributed by atoms with Crippen LogP contribution >= 0.6 is 0 Å². The molecule has 4 aliphatic heterocycles. The lowest BCUT2D eigenvalue weighted by atomic mass is 9.72. The van der Waals surface area contributed by atoms with E-state index in [0.717, 1.165) is 0 Å². The summed E-state index contributed by atoms with van der Waals surface area (Å²) in [7, 11) is 0. The molecule has 6 aliphatic rings. The number of aliphatic hydroxyl groups excluding tert-OH is 14. The van der Waals surface area contributed by atoms with Gasteiger partial charge >= 0.3 is 0 Å². The van der Waals surface area contributed by atoms with Crippen LogP contribution in [0.5, 0.6) is 0 Å². The Hall–Kier alpha value is -0.840. The molecule has 4 saturated heterocycles. The Labute approximate surface area is 309 Å². The Kier molecular flexibility index (Phi) is 14.2. The van der Waals surface area contributed by atoms with Gasteiger partial charge in [-0.15, -0.1) is 0 Å². The van der Waals surface area contributed by atoms with Gasteiger partial charge in [0.2, 0.25) is 0 Å². The minimum atomic E-state index is -1.90. The fraction of sp³-hybridized carbons (Fsp3) is 1.00. The Morgan fingerprint density at radius 1 is 0.444 bits per heavy atom. The summed E-state index contributed by atoms with van der Waals surface area (Å²) in [6.07, 6.45) is -30.6. The van der Waals surface area contributed by atoms with E-state index in [1.807, 2.05) is 0 Å². The second-order valence-electron chi connectivity index (χ2n) is 15.4. The third kappa shape index (κ3) is 8.63. The van der Waals surface area contributed by atoms with Crippen molar-refractivity contribution in [1.82, 2.24) is 0 Å². The number of ether oxygens (including phenoxy) is 7. The normalized spacial score (nSPS) is 54.6. The van der Waals surface area contributed by atoms with Crippen LogP contribution in [0.4, 0.5) is 0 Å². The first-order valence-corrected chi connectivity index (χ1v) is 18.6. The molecule has 0 aromatic rings. The van der Waals surface area contributed by atoms with Crippen molar-refractivity contribution in [2.45, 2.75) is 173 Å². The molecule has 21 heteroatoms. The summed E-state index contributed by atoms with van der Waals surface area (Å²) >= 11 is 0. The van der Waals surface area contributed by atoms with E-state index >= 15 is 0 Å². The van der Waals surface area contributed by atoms with E-state index in [2.05, 4.69) is 0 Å². The summed E-state index contributed by atoms with van der Waals surface area (Å²) in [5.41, 5.74) is 0. The van der Waals surface area contributed by atoms with Crippen LogP contribution in [-0.4, -0.2) is 226 Å². The summed E-state index contributed by atoms with van der Waals surface area (Å²) in [4.78, 5) is 0. The maximum atomic E-state index is 11.2. The molecule has 6 fully saturated rings. The van der Waals surface area contributed by atoms with Crippen LogP contribution < -0.4 is 0 Å². The van der Waals surface area contributed by atoms with Crippen molar-refractivity contribution >= 4 is 0 Å². The molecule has 2 aliphatic carbocycles. The van der Waals surface area contributed by atoms with E-state index in [1.165, 1.54) is 0 Å². The van der Waals surface area contributed by atoms with Crippen molar-refractivity contribution in [3.8, 4) is 0 Å². The molecule has 0 radical (unpaired) electrons. The van der Waals surface area contributed by atoms with Gasteiger partial charge in [0, 0.05) is 12.3 Å². The fourth-order valence-corrected chi connectivity index (χ4v) is 8.71. The molecule has 6 rings (SSSR count). The van der Waals surface area contributed by atoms with Crippen LogP contribution in [0.3, 0.4) is 0 Å². The van der Waals surface area contributed by atoms with Crippen LogP contribution in [0.2, 0.25) is 0 Å². The standard InChI is InChI=1S/C33H56O21/c34-7-18-21(40)24(43)27(46)31(51-18)49-16-5-11(37)4-15-12(16)6-17(29(48-15)10-1-2-13(38)14(39)3-10)50-33-30(26(45)23(42)20(9-36)53-33)54-32-28(47)25(44)22(41)19(8-35)52-32/h10-47H,1-9H2. The van der Waals surface area contributed by atoms with Crippen LogP contribution in [0.25, 0.3) is 0 Å². The topological polar surface area (TPSA) is 348 Å². The molecular formula is C33H56O21. The highest BCUT2D eigenvalue weighted by atomic mass is 16.8. The zero-order valence-electron chi connectivity index (χ0n) is 29.3. The SMILES string of the molecule is OCC1OC(OC2CC(O)CC3OC(C4CCC(O)C(O)C4)C(OC4OC(CO)C(O)C(O)C4OC4OC(CO)C(O)C(O)C4O)CC23)C(O)C(O)C1O. The number of rotatable bonds is 10. The van der Waals surface area contributed by atoms with E-state index in [4.69, 9.17) is 33.2 Å². The first-order valence-electron chi connectivity index (χ1n) is 18.6. The minimum Gasteiger partial charge on any atom is -0.394 e. The van der Waals surface area contributed by atoms with Gasteiger partial charge in [-0.2, -0.15) is 0 Å². The predicted octanol–water partition coefficient (Wildman–Crippen LogP) is -7.37. The molecule has 0 aromatic heterocycles.